The van der Waals surface area contributed by atoms with Crippen LogP contribution in [0, 0.1) is 0 Å². The van der Waals surface area contributed by atoms with Gasteiger partial charge in [-0.15, -0.1) is 0 Å². The van der Waals surface area contributed by atoms with Gasteiger partial charge in [-0.3, -0.25) is 4.79 Å². The van der Waals surface area contributed by atoms with Crippen molar-refractivity contribution in [3.63, 3.8) is 0 Å². The number of hydrogen-bond acceptors (Lipinski definition) is 2. The van der Waals surface area contributed by atoms with E-state index in [0.29, 0.717) is 0 Å². The molecule has 12 heavy (non-hydrogen) atoms. The van der Waals surface area contributed by atoms with Crippen molar-refractivity contribution in [2.24, 2.45) is 0 Å². The Morgan fingerprint density at radius 2 is 1.92 bits per heavy atom. The van der Waals surface area contributed by atoms with Crippen molar-refractivity contribution in [1.29, 1.82) is 0 Å². The van der Waals surface area contributed by atoms with Gasteiger partial charge in [0, 0.05) is 0 Å². The molecule has 0 radical (unpaired) electrons. The molecule has 2 N–H and O–H groups in total. The first-order valence-corrected chi connectivity index (χ1v) is 4.81. The summed E-state index contributed by atoms with van der Waals surface area (Å²) in [5, 5.41) is 8.50. The molecule has 5 heteroatoms. The monoisotopic (exact) mass is 193 g/mol. The highest BCUT2D eigenvalue weighted by atomic mass is 32.2. The molecule has 0 saturated carbocycles. The normalized spacial score (nSPS) is 17.0. The third-order valence-corrected chi connectivity index (χ3v) is 2.89. The van der Waals surface area contributed by atoms with Crippen molar-refractivity contribution in [2.75, 3.05) is 0 Å². The van der Waals surface area contributed by atoms with E-state index in [1.807, 2.05) is 0 Å². The fourth-order valence-electron chi connectivity index (χ4n) is 0.388. The van der Waals surface area contributed by atoms with E-state index in [-0.39, 0.29) is 0 Å². The van der Waals surface area contributed by atoms with Crippen LogP contribution in [0.4, 0.5) is 0 Å². The molecule has 2 atom stereocenters. The second-order valence-corrected chi connectivity index (χ2v) is 5.56. The molecule has 0 aromatic carbocycles. The maximum atomic E-state index is 11.3. The first-order chi connectivity index (χ1) is 5.25. The highest BCUT2D eigenvalue weighted by Gasteiger charge is 2.23. The zero-order chi connectivity index (χ0) is 9.94. The van der Waals surface area contributed by atoms with Gasteiger partial charge in [0.05, 0.1) is 15.7 Å². The third kappa shape index (κ3) is 3.82. The lowest BCUT2D eigenvalue weighted by molar-refractivity contribution is -0.138. The largest absolute Gasteiger partial charge is 0.480 e. The fraction of sp³-hybridized carbons (Fsp3) is 0.857. The summed E-state index contributed by atoms with van der Waals surface area (Å²) in [4.78, 5) is 10.4. The van der Waals surface area contributed by atoms with E-state index in [2.05, 4.69) is 4.72 Å². The Labute approximate surface area is 74.9 Å². The van der Waals surface area contributed by atoms with Crippen LogP contribution in [-0.4, -0.2) is 26.1 Å². The second-order valence-electron chi connectivity index (χ2n) is 3.56. The zero-order valence-corrected chi connectivity index (χ0v) is 8.57. The zero-order valence-electron chi connectivity index (χ0n) is 7.75. The summed E-state index contributed by atoms with van der Waals surface area (Å²) < 4.78 is 13.4. The van der Waals surface area contributed by atoms with Crippen LogP contribution in [0.5, 0.6) is 0 Å². The van der Waals surface area contributed by atoms with Gasteiger partial charge in [-0.05, 0) is 27.7 Å². The molecule has 0 heterocycles. The molecule has 0 spiro atoms. The van der Waals surface area contributed by atoms with Gasteiger partial charge < -0.3 is 5.11 Å². The van der Waals surface area contributed by atoms with Gasteiger partial charge in [-0.1, -0.05) is 0 Å². The number of hydrogen-bond donors (Lipinski definition) is 2. The molecule has 0 fully saturated rings. The van der Waals surface area contributed by atoms with Crippen LogP contribution in [0.15, 0.2) is 0 Å². The van der Waals surface area contributed by atoms with Crippen LogP contribution in [0.2, 0.25) is 0 Å². The summed E-state index contributed by atoms with van der Waals surface area (Å²) in [6.07, 6.45) is 0. The smallest absolute Gasteiger partial charge is 0.321 e. The maximum Gasteiger partial charge on any atom is 0.321 e. The van der Waals surface area contributed by atoms with E-state index in [1.165, 1.54) is 6.92 Å². The van der Waals surface area contributed by atoms with Crippen molar-refractivity contribution >= 4 is 17.0 Å². The number of carbonyl (C=O) groups is 1. The summed E-state index contributed by atoms with van der Waals surface area (Å²) in [5.41, 5.74) is 0. The van der Waals surface area contributed by atoms with Crippen LogP contribution >= 0.6 is 0 Å². The van der Waals surface area contributed by atoms with Gasteiger partial charge in [0.25, 0.3) is 0 Å². The molecular weight excluding hydrogens is 178 g/mol. The summed E-state index contributed by atoms with van der Waals surface area (Å²) in [5.74, 6) is -0.993. The van der Waals surface area contributed by atoms with Crippen LogP contribution in [0.1, 0.15) is 27.7 Å². The highest BCUT2D eigenvalue weighted by Crippen LogP contribution is 2.08. The molecule has 0 aromatic heterocycles. The Bertz CT molecular complexity index is 197. The molecule has 0 amide bonds. The number of carboxylic acid groups (broad SMARTS) is 1. The molecular formula is C7H15NO3S. The number of rotatable bonds is 3. The van der Waals surface area contributed by atoms with E-state index in [0.717, 1.165) is 0 Å². The predicted octanol–water partition coefficient (Wildman–Crippen LogP) is 0.511. The van der Waals surface area contributed by atoms with Crippen molar-refractivity contribution in [2.45, 2.75) is 38.5 Å². The number of nitrogens with one attached hydrogen (secondary N) is 1. The highest BCUT2D eigenvalue weighted by molar-refractivity contribution is 7.84. The minimum absolute atomic E-state index is 0.427. The molecule has 0 aliphatic heterocycles. The maximum absolute atomic E-state index is 11.3. The lowest BCUT2D eigenvalue weighted by Crippen LogP contribution is -2.42. The van der Waals surface area contributed by atoms with E-state index in [1.54, 1.807) is 20.8 Å². The van der Waals surface area contributed by atoms with Gasteiger partial charge in [0.15, 0.2) is 0 Å². The molecule has 0 aliphatic rings. The molecule has 0 aliphatic carbocycles. The average Bonchev–Trinajstić information content (AvgIpc) is 1.85. The summed E-state index contributed by atoms with van der Waals surface area (Å²) in [6.45, 7) is 6.81. The first kappa shape index (κ1) is 11.6. The molecule has 0 rings (SSSR count). The quantitative estimate of drug-likeness (QED) is 0.686. The fourth-order valence-corrected chi connectivity index (χ4v) is 1.16. The van der Waals surface area contributed by atoms with Crippen LogP contribution in [-0.2, 0) is 15.8 Å². The van der Waals surface area contributed by atoms with Gasteiger partial charge >= 0.3 is 5.97 Å². The Morgan fingerprint density at radius 1 is 1.50 bits per heavy atom. The standard InChI is InChI=1S/C7H15NO3S/c1-5(6(9)10)8-12(11)7(2,3)4/h5,8H,1-4H3,(H,9,10)/t5-,12?/m1/s1. The Kier molecular flexibility index (Phi) is 3.86. The predicted molar refractivity (Wildman–Crippen MR) is 48.1 cm³/mol. The lowest BCUT2D eigenvalue weighted by Gasteiger charge is -2.19. The summed E-state index contributed by atoms with van der Waals surface area (Å²) in [6, 6.07) is -0.773. The molecule has 72 valence electrons. The lowest BCUT2D eigenvalue weighted by atomic mass is 10.3. The second kappa shape index (κ2) is 4.00. The van der Waals surface area contributed by atoms with E-state index in [4.69, 9.17) is 5.11 Å². The first-order valence-electron chi connectivity index (χ1n) is 3.66. The van der Waals surface area contributed by atoms with E-state index < -0.39 is 27.7 Å². The SMILES string of the molecule is C[C@@H](NS(=O)C(C)(C)C)C(=O)O. The van der Waals surface area contributed by atoms with E-state index in [9.17, 15) is 9.00 Å². The number of aliphatic carboxylic acids is 1. The van der Waals surface area contributed by atoms with Gasteiger partial charge in [0.2, 0.25) is 0 Å². The third-order valence-electron chi connectivity index (χ3n) is 1.21. The molecule has 1 unspecified atom stereocenters. The van der Waals surface area contributed by atoms with Gasteiger partial charge in [-0.25, -0.2) is 8.93 Å². The van der Waals surface area contributed by atoms with Crippen LogP contribution in [0.25, 0.3) is 0 Å². The molecule has 4 nitrogen and oxygen atoms in total. The van der Waals surface area contributed by atoms with Crippen molar-refractivity contribution in [3.05, 3.63) is 0 Å². The molecule has 0 bridgehead atoms. The summed E-state index contributed by atoms with van der Waals surface area (Å²) >= 11 is 0. The number of carboxylic acids is 1. The minimum atomic E-state index is -1.32. The average molecular weight is 193 g/mol. The topological polar surface area (TPSA) is 66.4 Å². The minimum Gasteiger partial charge on any atom is -0.480 e. The van der Waals surface area contributed by atoms with Gasteiger partial charge in [0.1, 0.15) is 6.04 Å². The van der Waals surface area contributed by atoms with E-state index >= 15 is 0 Å². The van der Waals surface area contributed by atoms with Gasteiger partial charge in [-0.2, -0.15) is 0 Å². The Morgan fingerprint density at radius 3 is 2.17 bits per heavy atom. The van der Waals surface area contributed by atoms with Crippen molar-refractivity contribution < 1.29 is 14.1 Å². The summed E-state index contributed by atoms with van der Waals surface area (Å²) in [7, 11) is -1.32. The van der Waals surface area contributed by atoms with Crippen LogP contribution < -0.4 is 4.72 Å². The Balaban J connectivity index is 4.11. The van der Waals surface area contributed by atoms with Crippen LogP contribution in [0.3, 0.4) is 0 Å². The Hall–Kier alpha value is -0.420. The molecule has 0 saturated heterocycles. The van der Waals surface area contributed by atoms with Crippen molar-refractivity contribution in [3.8, 4) is 0 Å². The molecule has 0 aromatic rings. The van der Waals surface area contributed by atoms with Crippen molar-refractivity contribution in [1.82, 2.24) is 4.72 Å².